The van der Waals surface area contributed by atoms with Gasteiger partial charge in [-0.25, -0.2) is 12.8 Å². The van der Waals surface area contributed by atoms with Gasteiger partial charge in [0.25, 0.3) is 0 Å². The fourth-order valence-electron chi connectivity index (χ4n) is 3.11. The Labute approximate surface area is 141 Å². The standard InChI is InChI=1S/C15H20FN3O2S2/c16-13-3-1-2-4-14(13)17-15(22)19-8-6-18(7-9-19)12-5-10-23(20,21)11-12/h1-4,12H,5-11H2,(H,17,22)/t12-/m0/s1. The second kappa shape index (κ2) is 6.70. The number of nitrogens with zero attached hydrogens (tertiary/aromatic N) is 2. The van der Waals surface area contributed by atoms with E-state index in [1.807, 2.05) is 4.90 Å². The first-order chi connectivity index (χ1) is 10.9. The largest absolute Gasteiger partial charge is 0.346 e. The van der Waals surface area contributed by atoms with E-state index in [0.717, 1.165) is 32.6 Å². The van der Waals surface area contributed by atoms with Crippen molar-refractivity contribution in [2.75, 3.05) is 43.0 Å². The molecule has 0 aromatic heterocycles. The van der Waals surface area contributed by atoms with Crippen LogP contribution in [0.5, 0.6) is 0 Å². The van der Waals surface area contributed by atoms with Gasteiger partial charge in [-0.05, 0) is 30.8 Å². The van der Waals surface area contributed by atoms with Gasteiger partial charge in [-0.15, -0.1) is 0 Å². The number of nitrogens with one attached hydrogen (secondary N) is 1. The molecule has 1 atom stereocenters. The Morgan fingerprint density at radius 3 is 2.52 bits per heavy atom. The van der Waals surface area contributed by atoms with Gasteiger partial charge in [0.1, 0.15) is 5.82 Å². The van der Waals surface area contributed by atoms with Crippen LogP contribution in [0.1, 0.15) is 6.42 Å². The van der Waals surface area contributed by atoms with Crippen LogP contribution < -0.4 is 5.32 Å². The molecule has 5 nitrogen and oxygen atoms in total. The molecule has 8 heteroatoms. The molecule has 1 aromatic carbocycles. The van der Waals surface area contributed by atoms with E-state index in [1.165, 1.54) is 6.07 Å². The Hall–Kier alpha value is -1.25. The molecule has 0 saturated carbocycles. The zero-order valence-electron chi connectivity index (χ0n) is 12.7. The average molecular weight is 357 g/mol. The third-order valence-corrected chi connectivity index (χ3v) is 6.55. The molecule has 2 aliphatic rings. The second-order valence-corrected chi connectivity index (χ2v) is 8.61. The maximum absolute atomic E-state index is 13.7. The van der Waals surface area contributed by atoms with Gasteiger partial charge in [0.15, 0.2) is 14.9 Å². The van der Waals surface area contributed by atoms with E-state index < -0.39 is 9.84 Å². The number of anilines is 1. The predicted octanol–water partition coefficient (Wildman–Crippen LogP) is 1.33. The molecule has 0 unspecified atom stereocenters. The highest BCUT2D eigenvalue weighted by molar-refractivity contribution is 7.91. The molecule has 2 fully saturated rings. The summed E-state index contributed by atoms with van der Waals surface area (Å²) >= 11 is 5.36. The molecule has 1 N–H and O–H groups in total. The fourth-order valence-corrected chi connectivity index (χ4v) is 5.16. The van der Waals surface area contributed by atoms with Crippen molar-refractivity contribution in [1.29, 1.82) is 0 Å². The highest BCUT2D eigenvalue weighted by Crippen LogP contribution is 2.20. The van der Waals surface area contributed by atoms with E-state index in [4.69, 9.17) is 12.2 Å². The quantitative estimate of drug-likeness (QED) is 0.806. The summed E-state index contributed by atoms with van der Waals surface area (Å²) in [5.74, 6) is 0.237. The minimum Gasteiger partial charge on any atom is -0.346 e. The molecular weight excluding hydrogens is 337 g/mol. The number of para-hydroxylation sites is 1. The monoisotopic (exact) mass is 357 g/mol. The molecule has 0 radical (unpaired) electrons. The van der Waals surface area contributed by atoms with Crippen LogP contribution in [0, 0.1) is 5.82 Å². The van der Waals surface area contributed by atoms with Crippen molar-refractivity contribution in [1.82, 2.24) is 9.80 Å². The number of thiocarbonyl (C=S) groups is 1. The highest BCUT2D eigenvalue weighted by Gasteiger charge is 2.33. The lowest BCUT2D eigenvalue weighted by molar-refractivity contribution is 0.144. The molecule has 3 rings (SSSR count). The first kappa shape index (κ1) is 16.6. The third kappa shape index (κ3) is 3.99. The SMILES string of the molecule is O=S1(=O)CC[C@H](N2CCN(C(=S)Nc3ccccc3F)CC2)C1. The summed E-state index contributed by atoms with van der Waals surface area (Å²) in [4.78, 5) is 4.23. The Morgan fingerprint density at radius 1 is 1.22 bits per heavy atom. The molecule has 0 spiro atoms. The molecule has 1 aromatic rings. The lowest BCUT2D eigenvalue weighted by Gasteiger charge is -2.38. The van der Waals surface area contributed by atoms with Crippen LogP contribution in [-0.4, -0.2) is 67.1 Å². The maximum atomic E-state index is 13.7. The van der Waals surface area contributed by atoms with Gasteiger partial charge in [-0.2, -0.15) is 0 Å². The molecule has 23 heavy (non-hydrogen) atoms. The van der Waals surface area contributed by atoms with Gasteiger partial charge < -0.3 is 10.2 Å². The van der Waals surface area contributed by atoms with Crippen molar-refractivity contribution in [3.8, 4) is 0 Å². The van der Waals surface area contributed by atoms with E-state index in [0.29, 0.717) is 16.6 Å². The van der Waals surface area contributed by atoms with Crippen LogP contribution in [0.2, 0.25) is 0 Å². The first-order valence-electron chi connectivity index (χ1n) is 7.69. The van der Waals surface area contributed by atoms with E-state index in [2.05, 4.69) is 10.2 Å². The molecule has 0 amide bonds. The Balaban J connectivity index is 1.53. The number of sulfone groups is 1. The maximum Gasteiger partial charge on any atom is 0.173 e. The molecule has 0 aliphatic carbocycles. The normalized spacial score (nSPS) is 24.6. The van der Waals surface area contributed by atoms with Crippen molar-refractivity contribution in [2.45, 2.75) is 12.5 Å². The zero-order chi connectivity index (χ0) is 16.4. The molecule has 0 bridgehead atoms. The van der Waals surface area contributed by atoms with Crippen molar-refractivity contribution in [3.05, 3.63) is 30.1 Å². The van der Waals surface area contributed by atoms with Gasteiger partial charge in [0.05, 0.1) is 17.2 Å². The third-order valence-electron chi connectivity index (χ3n) is 4.44. The van der Waals surface area contributed by atoms with Gasteiger partial charge in [0.2, 0.25) is 0 Å². The number of hydrogen-bond acceptors (Lipinski definition) is 4. The van der Waals surface area contributed by atoms with E-state index >= 15 is 0 Å². The molecule has 2 saturated heterocycles. The minimum absolute atomic E-state index is 0.134. The predicted molar refractivity (Wildman–Crippen MR) is 92.8 cm³/mol. The van der Waals surface area contributed by atoms with Gasteiger partial charge in [-0.1, -0.05) is 12.1 Å². The molecule has 2 heterocycles. The summed E-state index contributed by atoms with van der Waals surface area (Å²) in [6, 6.07) is 6.57. The van der Waals surface area contributed by atoms with Crippen molar-refractivity contribution < 1.29 is 12.8 Å². The highest BCUT2D eigenvalue weighted by atomic mass is 32.2. The average Bonchev–Trinajstić information content (AvgIpc) is 2.90. The van der Waals surface area contributed by atoms with E-state index in [9.17, 15) is 12.8 Å². The topological polar surface area (TPSA) is 52.7 Å². The van der Waals surface area contributed by atoms with Crippen molar-refractivity contribution in [3.63, 3.8) is 0 Å². The van der Waals surface area contributed by atoms with Crippen LogP contribution in [0.25, 0.3) is 0 Å². The number of hydrogen-bond donors (Lipinski definition) is 1. The Bertz CT molecular complexity index is 688. The van der Waals surface area contributed by atoms with Crippen molar-refractivity contribution >= 4 is 32.9 Å². The lowest BCUT2D eigenvalue weighted by Crippen LogP contribution is -2.53. The molecule has 126 valence electrons. The zero-order valence-corrected chi connectivity index (χ0v) is 14.4. The van der Waals surface area contributed by atoms with Gasteiger partial charge in [0, 0.05) is 32.2 Å². The van der Waals surface area contributed by atoms with E-state index in [1.54, 1.807) is 18.2 Å². The van der Waals surface area contributed by atoms with Crippen molar-refractivity contribution in [2.24, 2.45) is 0 Å². The van der Waals surface area contributed by atoms with Crippen LogP contribution in [-0.2, 0) is 9.84 Å². The molecule has 2 aliphatic heterocycles. The summed E-state index contributed by atoms with van der Waals surface area (Å²) in [5.41, 5.74) is 0.377. The van der Waals surface area contributed by atoms with Gasteiger partial charge in [-0.3, -0.25) is 4.90 Å². The summed E-state index contributed by atoms with van der Waals surface area (Å²) in [6.07, 6.45) is 0.722. The first-order valence-corrected chi connectivity index (χ1v) is 9.92. The summed E-state index contributed by atoms with van der Waals surface area (Å²) in [7, 11) is -2.86. The summed E-state index contributed by atoms with van der Waals surface area (Å²) in [6.45, 7) is 2.99. The van der Waals surface area contributed by atoms with Crippen LogP contribution >= 0.6 is 12.2 Å². The summed E-state index contributed by atoms with van der Waals surface area (Å²) < 4.78 is 36.8. The molecular formula is C15H20FN3O2S2. The van der Waals surface area contributed by atoms with Crippen LogP contribution in [0.15, 0.2) is 24.3 Å². The number of piperazine rings is 1. The second-order valence-electron chi connectivity index (χ2n) is 5.99. The lowest BCUT2D eigenvalue weighted by atomic mass is 10.2. The smallest absolute Gasteiger partial charge is 0.173 e. The van der Waals surface area contributed by atoms with Crippen LogP contribution in [0.3, 0.4) is 0 Å². The Kier molecular flexibility index (Phi) is 4.84. The fraction of sp³-hybridized carbons (Fsp3) is 0.533. The number of rotatable bonds is 2. The number of halogens is 1. The van der Waals surface area contributed by atoms with Gasteiger partial charge >= 0.3 is 0 Å². The van der Waals surface area contributed by atoms with E-state index in [-0.39, 0.29) is 17.6 Å². The summed E-state index contributed by atoms with van der Waals surface area (Å²) in [5, 5.41) is 3.45. The number of benzene rings is 1. The minimum atomic E-state index is -2.86. The Morgan fingerprint density at radius 2 is 1.91 bits per heavy atom. The van der Waals surface area contributed by atoms with Crippen LogP contribution in [0.4, 0.5) is 10.1 Å².